The highest BCUT2D eigenvalue weighted by atomic mass is 79.9. The minimum Gasteiger partial charge on any atom is -0.398 e. The molecule has 1 aliphatic heterocycles. The predicted molar refractivity (Wildman–Crippen MR) is 74.9 cm³/mol. The highest BCUT2D eigenvalue weighted by Crippen LogP contribution is 2.27. The zero-order valence-corrected chi connectivity index (χ0v) is 12.7. The van der Waals surface area contributed by atoms with Crippen LogP contribution in [0, 0.1) is 0 Å². The predicted octanol–water partition coefficient (Wildman–Crippen LogP) is 0.540. The van der Waals surface area contributed by atoms with Crippen LogP contribution in [0.25, 0.3) is 0 Å². The molecule has 1 fully saturated rings. The van der Waals surface area contributed by atoms with Crippen LogP contribution in [0.3, 0.4) is 0 Å². The molecule has 2 rings (SSSR count). The van der Waals surface area contributed by atoms with Gasteiger partial charge in [0.25, 0.3) is 0 Å². The standard InChI is InChI=1S/C11H14BrN3O3S/c1-7-11(16)14-4-5-15(7)19(17,18)10-6-8(12)2-3-9(10)13/h2-3,6-7H,4-5,13H2,1H3,(H,14,16). The number of amides is 1. The van der Waals surface area contributed by atoms with Crippen molar-refractivity contribution >= 4 is 37.5 Å². The molecule has 1 heterocycles. The smallest absolute Gasteiger partial charge is 0.245 e. The van der Waals surface area contributed by atoms with Crippen LogP contribution in [-0.4, -0.2) is 37.8 Å². The maximum Gasteiger partial charge on any atom is 0.245 e. The number of nitrogens with zero attached hydrogens (tertiary/aromatic N) is 1. The van der Waals surface area contributed by atoms with Crippen molar-refractivity contribution in [1.82, 2.24) is 9.62 Å². The molecular weight excluding hydrogens is 334 g/mol. The number of nitrogen functional groups attached to an aromatic ring is 1. The summed E-state index contributed by atoms with van der Waals surface area (Å²) in [5, 5.41) is 2.63. The number of halogens is 1. The van der Waals surface area contributed by atoms with Crippen LogP contribution in [0.5, 0.6) is 0 Å². The number of carbonyl (C=O) groups is 1. The summed E-state index contributed by atoms with van der Waals surface area (Å²) < 4.78 is 26.9. The highest BCUT2D eigenvalue weighted by Gasteiger charge is 2.36. The van der Waals surface area contributed by atoms with Gasteiger partial charge in [0.05, 0.1) is 5.69 Å². The molecule has 1 saturated heterocycles. The molecule has 1 aliphatic rings. The number of benzene rings is 1. The van der Waals surface area contributed by atoms with Crippen LogP contribution in [0.1, 0.15) is 6.92 Å². The molecule has 19 heavy (non-hydrogen) atoms. The van der Waals surface area contributed by atoms with Gasteiger partial charge < -0.3 is 11.1 Å². The summed E-state index contributed by atoms with van der Waals surface area (Å²) in [4.78, 5) is 11.6. The lowest BCUT2D eigenvalue weighted by Crippen LogP contribution is -2.55. The third kappa shape index (κ3) is 2.60. The minimum atomic E-state index is -3.78. The Morgan fingerprint density at radius 3 is 2.84 bits per heavy atom. The minimum absolute atomic E-state index is 0.0171. The van der Waals surface area contributed by atoms with Gasteiger partial charge in [-0.05, 0) is 25.1 Å². The fraction of sp³-hybridized carbons (Fsp3) is 0.364. The SMILES string of the molecule is CC1C(=O)NCCN1S(=O)(=O)c1cc(Br)ccc1N. The maximum absolute atomic E-state index is 12.6. The number of carbonyl (C=O) groups excluding carboxylic acids is 1. The molecule has 1 atom stereocenters. The summed E-state index contributed by atoms with van der Waals surface area (Å²) in [5.74, 6) is -0.302. The van der Waals surface area contributed by atoms with Gasteiger partial charge in [-0.2, -0.15) is 4.31 Å². The molecule has 0 spiro atoms. The van der Waals surface area contributed by atoms with Crippen molar-refractivity contribution in [2.24, 2.45) is 0 Å². The lowest BCUT2D eigenvalue weighted by molar-refractivity contribution is -0.126. The zero-order valence-electron chi connectivity index (χ0n) is 10.3. The summed E-state index contributed by atoms with van der Waals surface area (Å²) >= 11 is 3.22. The second-order valence-corrected chi connectivity index (χ2v) is 7.04. The van der Waals surface area contributed by atoms with Crippen LogP contribution in [-0.2, 0) is 14.8 Å². The monoisotopic (exact) mass is 347 g/mol. The third-order valence-electron chi connectivity index (χ3n) is 3.01. The first kappa shape index (κ1) is 14.3. The van der Waals surface area contributed by atoms with Crippen LogP contribution >= 0.6 is 15.9 Å². The van der Waals surface area contributed by atoms with E-state index < -0.39 is 16.1 Å². The van der Waals surface area contributed by atoms with Crippen molar-refractivity contribution in [3.8, 4) is 0 Å². The van der Waals surface area contributed by atoms with Crippen LogP contribution in [0.15, 0.2) is 27.6 Å². The van der Waals surface area contributed by atoms with E-state index in [1.807, 2.05) is 0 Å². The third-order valence-corrected chi connectivity index (χ3v) is 5.52. The van der Waals surface area contributed by atoms with Crippen molar-refractivity contribution in [3.63, 3.8) is 0 Å². The average Bonchev–Trinajstić information content (AvgIpc) is 2.35. The van der Waals surface area contributed by atoms with Gasteiger partial charge >= 0.3 is 0 Å². The number of hydrogen-bond acceptors (Lipinski definition) is 4. The van der Waals surface area contributed by atoms with Crippen molar-refractivity contribution in [2.45, 2.75) is 17.9 Å². The number of sulfonamides is 1. The summed E-state index contributed by atoms with van der Waals surface area (Å²) in [6.07, 6.45) is 0. The Bertz CT molecular complexity index is 618. The molecule has 104 valence electrons. The first-order valence-electron chi connectivity index (χ1n) is 5.68. The quantitative estimate of drug-likeness (QED) is 0.763. The molecule has 1 amide bonds. The Morgan fingerprint density at radius 1 is 1.47 bits per heavy atom. The van der Waals surface area contributed by atoms with E-state index in [0.717, 1.165) is 0 Å². The molecular formula is C11H14BrN3O3S. The van der Waals surface area contributed by atoms with E-state index in [-0.39, 0.29) is 23.0 Å². The van der Waals surface area contributed by atoms with Crippen molar-refractivity contribution in [3.05, 3.63) is 22.7 Å². The van der Waals surface area contributed by atoms with Gasteiger partial charge in [0.1, 0.15) is 10.9 Å². The second kappa shape index (κ2) is 5.10. The molecule has 0 radical (unpaired) electrons. The Labute approximate surface area is 120 Å². The highest BCUT2D eigenvalue weighted by molar-refractivity contribution is 9.10. The Kier molecular flexibility index (Phi) is 3.84. The Balaban J connectivity index is 2.47. The van der Waals surface area contributed by atoms with E-state index in [1.165, 1.54) is 16.4 Å². The van der Waals surface area contributed by atoms with Gasteiger partial charge in [0.15, 0.2) is 0 Å². The van der Waals surface area contributed by atoms with Crippen molar-refractivity contribution < 1.29 is 13.2 Å². The number of nitrogens with two attached hydrogens (primary N) is 1. The molecule has 0 saturated carbocycles. The molecule has 1 unspecified atom stereocenters. The number of hydrogen-bond donors (Lipinski definition) is 2. The van der Waals surface area contributed by atoms with E-state index in [0.29, 0.717) is 11.0 Å². The summed E-state index contributed by atoms with van der Waals surface area (Å²) in [6, 6.07) is 3.90. The van der Waals surface area contributed by atoms with Gasteiger partial charge in [-0.1, -0.05) is 15.9 Å². The molecule has 0 aromatic heterocycles. The topological polar surface area (TPSA) is 92.5 Å². The lowest BCUT2D eigenvalue weighted by Gasteiger charge is -2.32. The van der Waals surface area contributed by atoms with E-state index in [2.05, 4.69) is 21.2 Å². The number of rotatable bonds is 2. The van der Waals surface area contributed by atoms with Crippen molar-refractivity contribution in [1.29, 1.82) is 0 Å². The summed E-state index contributed by atoms with van der Waals surface area (Å²) in [5.41, 5.74) is 5.90. The Hall–Kier alpha value is -1.12. The second-order valence-electron chi connectivity index (χ2n) is 4.26. The van der Waals surface area contributed by atoms with Gasteiger partial charge in [-0.15, -0.1) is 0 Å². The molecule has 0 bridgehead atoms. The summed E-state index contributed by atoms with van der Waals surface area (Å²) in [7, 11) is -3.78. The number of piperazine rings is 1. The Morgan fingerprint density at radius 2 is 2.16 bits per heavy atom. The number of nitrogens with one attached hydrogen (secondary N) is 1. The van der Waals surface area contributed by atoms with E-state index in [9.17, 15) is 13.2 Å². The van der Waals surface area contributed by atoms with Crippen LogP contribution in [0.4, 0.5) is 5.69 Å². The maximum atomic E-state index is 12.6. The molecule has 3 N–H and O–H groups in total. The molecule has 6 nitrogen and oxygen atoms in total. The van der Waals surface area contributed by atoms with E-state index in [4.69, 9.17) is 5.73 Å². The van der Waals surface area contributed by atoms with E-state index in [1.54, 1.807) is 13.0 Å². The molecule has 0 aliphatic carbocycles. The van der Waals surface area contributed by atoms with Crippen LogP contribution in [0.2, 0.25) is 0 Å². The molecule has 1 aromatic rings. The van der Waals surface area contributed by atoms with Gasteiger partial charge in [-0.3, -0.25) is 4.79 Å². The number of anilines is 1. The first-order chi connectivity index (χ1) is 8.84. The lowest BCUT2D eigenvalue weighted by atomic mass is 10.2. The zero-order chi connectivity index (χ0) is 14.2. The van der Waals surface area contributed by atoms with Crippen LogP contribution < -0.4 is 11.1 Å². The van der Waals surface area contributed by atoms with Gasteiger partial charge in [0, 0.05) is 17.6 Å². The fourth-order valence-electron chi connectivity index (χ4n) is 1.95. The van der Waals surface area contributed by atoms with Crippen molar-refractivity contribution in [2.75, 3.05) is 18.8 Å². The molecule has 8 heteroatoms. The van der Waals surface area contributed by atoms with Gasteiger partial charge in [0.2, 0.25) is 15.9 Å². The fourth-order valence-corrected chi connectivity index (χ4v) is 4.20. The molecule has 1 aromatic carbocycles. The first-order valence-corrected chi connectivity index (χ1v) is 7.92. The largest absolute Gasteiger partial charge is 0.398 e. The van der Waals surface area contributed by atoms with E-state index >= 15 is 0 Å². The summed E-state index contributed by atoms with van der Waals surface area (Å²) in [6.45, 7) is 2.09. The average molecular weight is 348 g/mol. The van der Waals surface area contributed by atoms with Gasteiger partial charge in [-0.25, -0.2) is 8.42 Å². The normalized spacial score (nSPS) is 21.2.